The molecule has 0 spiro atoms. The van der Waals surface area contributed by atoms with E-state index in [0.717, 1.165) is 14.8 Å². The number of hydrogen-bond donors (Lipinski definition) is 3. The van der Waals surface area contributed by atoms with Crippen molar-refractivity contribution in [2.75, 3.05) is 5.73 Å². The van der Waals surface area contributed by atoms with E-state index in [-0.39, 0.29) is 16.9 Å². The van der Waals surface area contributed by atoms with Gasteiger partial charge in [-0.1, -0.05) is 25.1 Å². The van der Waals surface area contributed by atoms with Crippen molar-refractivity contribution >= 4 is 50.3 Å². The van der Waals surface area contributed by atoms with Gasteiger partial charge in [-0.3, -0.25) is 4.79 Å². The average molecular weight is 622 g/mol. The van der Waals surface area contributed by atoms with E-state index in [1.165, 1.54) is 19.1 Å². The second-order valence-corrected chi connectivity index (χ2v) is 11.3. The highest BCUT2D eigenvalue weighted by Gasteiger charge is 2.43. The molecule has 3 aromatic rings. The first-order valence-electron chi connectivity index (χ1n) is 11.1. The number of anilines is 1. The summed E-state index contributed by atoms with van der Waals surface area (Å²) in [6.45, 7) is 2.87. The smallest absolute Gasteiger partial charge is 0.330 e. The van der Waals surface area contributed by atoms with Gasteiger partial charge in [0, 0.05) is 14.8 Å². The summed E-state index contributed by atoms with van der Waals surface area (Å²) in [4.78, 5) is 32.0. The molecular weight excluding hydrogens is 595 g/mol. The Labute approximate surface area is 223 Å². The van der Waals surface area contributed by atoms with Crippen molar-refractivity contribution in [3.8, 4) is 0 Å². The molecule has 0 saturated carbocycles. The first-order valence-corrected chi connectivity index (χ1v) is 13.7. The van der Waals surface area contributed by atoms with Gasteiger partial charge in [-0.25, -0.2) is 23.2 Å². The van der Waals surface area contributed by atoms with Crippen molar-refractivity contribution in [1.82, 2.24) is 14.8 Å². The zero-order chi connectivity index (χ0) is 26.5. The predicted molar refractivity (Wildman–Crippen MR) is 144 cm³/mol. The number of benzene rings is 2. The molecule has 0 saturated heterocycles. The lowest BCUT2D eigenvalue weighted by atomic mass is 9.97. The molecule has 9 nitrogen and oxygen atoms in total. The van der Waals surface area contributed by atoms with E-state index < -0.39 is 27.4 Å². The van der Waals surface area contributed by atoms with E-state index in [1.54, 1.807) is 49.4 Å². The number of pyridine rings is 1. The zero-order valence-corrected chi connectivity index (χ0v) is 22.8. The van der Waals surface area contributed by atoms with Crippen LogP contribution in [0.3, 0.4) is 0 Å². The second-order valence-electron chi connectivity index (χ2n) is 8.37. The molecule has 0 radical (unpaired) electrons. The molecule has 190 valence electrons. The molecule has 0 unspecified atom stereocenters. The molecule has 1 heterocycles. The van der Waals surface area contributed by atoms with E-state index in [9.17, 15) is 23.1 Å². The molecule has 0 fully saturated rings. The molecule has 3 rings (SSSR count). The van der Waals surface area contributed by atoms with Crippen molar-refractivity contribution in [1.29, 1.82) is 0 Å². The molecule has 0 aliphatic heterocycles. The minimum atomic E-state index is -4.24. The number of nitrogens with zero attached hydrogens (tertiary/aromatic N) is 2. The van der Waals surface area contributed by atoms with Crippen molar-refractivity contribution in [2.45, 2.75) is 43.5 Å². The number of halogens is 1. The third kappa shape index (κ3) is 6.39. The van der Waals surface area contributed by atoms with Crippen LogP contribution in [0.4, 0.5) is 5.82 Å². The maximum Gasteiger partial charge on any atom is 0.330 e. The number of rotatable bonds is 10. The summed E-state index contributed by atoms with van der Waals surface area (Å²) in [5.41, 5.74) is 5.81. The molecule has 1 atom stereocenters. The number of carboxylic acid groups (broad SMARTS) is 1. The fourth-order valence-electron chi connectivity index (χ4n) is 3.41. The Kier molecular flexibility index (Phi) is 8.69. The minimum absolute atomic E-state index is 0.0332. The number of aromatic nitrogens is 1. The summed E-state index contributed by atoms with van der Waals surface area (Å²) in [6.07, 6.45) is 1.26. The Morgan fingerprint density at radius 2 is 1.69 bits per heavy atom. The summed E-state index contributed by atoms with van der Waals surface area (Å²) < 4.78 is 26.9. The Morgan fingerprint density at radius 3 is 2.25 bits per heavy atom. The number of aryl methyl sites for hydroxylation is 2. The van der Waals surface area contributed by atoms with Crippen LogP contribution in [0, 0.1) is 3.57 Å². The van der Waals surface area contributed by atoms with Crippen molar-refractivity contribution < 1.29 is 23.1 Å². The molecule has 11 heteroatoms. The Hall–Kier alpha value is -3.03. The van der Waals surface area contributed by atoms with E-state index in [1.807, 2.05) is 34.7 Å². The van der Waals surface area contributed by atoms with Gasteiger partial charge in [0.2, 0.25) is 0 Å². The van der Waals surface area contributed by atoms with Gasteiger partial charge < -0.3 is 10.8 Å². The second kappa shape index (κ2) is 11.4. The van der Waals surface area contributed by atoms with Gasteiger partial charge in [0.1, 0.15) is 5.82 Å². The Balaban J connectivity index is 1.87. The third-order valence-corrected chi connectivity index (χ3v) is 7.92. The molecule has 1 amide bonds. The highest BCUT2D eigenvalue weighted by Crippen LogP contribution is 2.23. The van der Waals surface area contributed by atoms with Gasteiger partial charge in [-0.05, 0) is 103 Å². The number of sulfonamides is 1. The lowest BCUT2D eigenvalue weighted by Crippen LogP contribution is -2.61. The van der Waals surface area contributed by atoms with Gasteiger partial charge in [0.15, 0.2) is 5.54 Å². The summed E-state index contributed by atoms with van der Waals surface area (Å²) in [7, 11) is -4.24. The quantitative estimate of drug-likeness (QED) is 0.232. The number of hydrazine groups is 1. The largest absolute Gasteiger partial charge is 0.479 e. The molecule has 1 aromatic heterocycles. The maximum atomic E-state index is 13.5. The molecule has 2 aromatic carbocycles. The summed E-state index contributed by atoms with van der Waals surface area (Å²) >= 11 is 2.04. The van der Waals surface area contributed by atoms with E-state index in [4.69, 9.17) is 5.73 Å². The highest BCUT2D eigenvalue weighted by molar-refractivity contribution is 14.1. The normalized spacial score (nSPS) is 13.1. The van der Waals surface area contributed by atoms with Gasteiger partial charge in [-0.15, -0.1) is 4.83 Å². The average Bonchev–Trinajstić information content (AvgIpc) is 2.85. The summed E-state index contributed by atoms with van der Waals surface area (Å²) in [6, 6.07) is 18.0. The number of carbonyl (C=O) groups is 2. The number of aliphatic carboxylic acids is 1. The van der Waals surface area contributed by atoms with Crippen LogP contribution in [0.5, 0.6) is 0 Å². The molecule has 0 aliphatic rings. The van der Waals surface area contributed by atoms with Crippen LogP contribution in [0.2, 0.25) is 0 Å². The topological polar surface area (TPSA) is 143 Å². The third-order valence-electron chi connectivity index (χ3n) is 5.88. The van der Waals surface area contributed by atoms with Crippen LogP contribution in [-0.4, -0.2) is 40.9 Å². The van der Waals surface area contributed by atoms with Gasteiger partial charge in [0.25, 0.3) is 15.9 Å². The maximum absolute atomic E-state index is 13.5. The lowest BCUT2D eigenvalue weighted by molar-refractivity contribution is -0.150. The molecule has 36 heavy (non-hydrogen) atoms. The number of nitrogen functional groups attached to an aromatic ring is 1. The summed E-state index contributed by atoms with van der Waals surface area (Å²) in [5.74, 6) is -1.67. The van der Waals surface area contributed by atoms with E-state index >= 15 is 0 Å². The molecule has 4 N–H and O–H groups in total. The number of nitrogens with two attached hydrogens (primary N) is 1. The van der Waals surface area contributed by atoms with Crippen LogP contribution in [-0.2, 0) is 27.7 Å². The van der Waals surface area contributed by atoms with Crippen molar-refractivity contribution in [3.63, 3.8) is 0 Å². The van der Waals surface area contributed by atoms with Gasteiger partial charge in [0.05, 0.1) is 4.90 Å². The van der Waals surface area contributed by atoms with Crippen LogP contribution >= 0.6 is 22.6 Å². The number of nitrogens with one attached hydrogen (secondary N) is 1. The van der Waals surface area contributed by atoms with Gasteiger partial charge >= 0.3 is 5.97 Å². The van der Waals surface area contributed by atoms with Crippen LogP contribution in [0.1, 0.15) is 41.9 Å². The van der Waals surface area contributed by atoms with Gasteiger partial charge in [-0.2, -0.15) is 0 Å². The zero-order valence-electron chi connectivity index (χ0n) is 19.8. The first kappa shape index (κ1) is 27.6. The number of carbonyl (C=O) groups excluding carboxylic acids is 1. The Bertz CT molecular complexity index is 1350. The van der Waals surface area contributed by atoms with Crippen molar-refractivity contribution in [2.24, 2.45) is 0 Å². The predicted octanol–water partition coefficient (Wildman–Crippen LogP) is 3.64. The fraction of sp³-hybridized carbons (Fsp3) is 0.240. The monoisotopic (exact) mass is 622 g/mol. The SMILES string of the molecule is CC[C@@](C)(C(=O)O)N(NS(=O)(=O)c1ccc(I)cc1)C(=O)c1ccc(CCc2cccc(N)n2)cc1. The summed E-state index contributed by atoms with van der Waals surface area (Å²) in [5, 5.41) is 10.6. The number of carboxylic acids is 1. The van der Waals surface area contributed by atoms with Crippen molar-refractivity contribution in [3.05, 3.63) is 87.1 Å². The standard InChI is InChI=1S/C25H27IN4O5S/c1-3-25(2,24(32)33)30(29-36(34,35)21-15-12-19(26)13-16-21)23(31)18-10-7-17(8-11-18)9-14-20-5-4-6-22(27)28-20/h4-8,10-13,15-16,29H,3,9,14H2,1-2H3,(H2,27,28)(H,32,33)/t25-/m0/s1. The first-order chi connectivity index (χ1) is 17.0. The molecule has 0 bridgehead atoms. The van der Waals surface area contributed by atoms with E-state index in [2.05, 4.69) is 9.82 Å². The molecular formula is C25H27IN4O5S. The minimum Gasteiger partial charge on any atom is -0.479 e. The lowest BCUT2D eigenvalue weighted by Gasteiger charge is -2.36. The number of amides is 1. The van der Waals surface area contributed by atoms with Crippen LogP contribution in [0.15, 0.2) is 71.6 Å². The highest BCUT2D eigenvalue weighted by atomic mass is 127. The van der Waals surface area contributed by atoms with Crippen LogP contribution in [0.25, 0.3) is 0 Å². The van der Waals surface area contributed by atoms with Crippen LogP contribution < -0.4 is 10.6 Å². The number of hydrogen-bond acceptors (Lipinski definition) is 6. The van der Waals surface area contributed by atoms with E-state index in [0.29, 0.717) is 23.7 Å². The molecule has 0 aliphatic carbocycles. The fourth-order valence-corrected chi connectivity index (χ4v) is 4.89. The Morgan fingerprint density at radius 1 is 1.06 bits per heavy atom.